The first kappa shape index (κ1) is 13.6. The number of pyridine rings is 1. The molecule has 3 aromatic rings. The van der Waals surface area contributed by atoms with Crippen LogP contribution in [0.4, 0.5) is 0 Å². The number of rotatable bonds is 2. The second kappa shape index (κ2) is 5.01. The predicted molar refractivity (Wildman–Crippen MR) is 83.3 cm³/mol. The second-order valence-electron chi connectivity index (χ2n) is 5.36. The number of benzene rings is 1. The van der Waals surface area contributed by atoms with Gasteiger partial charge in [-0.1, -0.05) is 6.07 Å². The van der Waals surface area contributed by atoms with Gasteiger partial charge in [-0.05, 0) is 36.8 Å². The normalized spacial score (nSPS) is 13.3. The number of fused-ring (bicyclic) bond motifs is 2. The molecular weight excluding hydrogens is 296 g/mol. The number of carboxylic acid groups (broad SMARTS) is 1. The summed E-state index contributed by atoms with van der Waals surface area (Å²) in [5.74, 6) is 0.253. The van der Waals surface area contributed by atoms with Crippen LogP contribution < -0.4 is 9.47 Å². The summed E-state index contributed by atoms with van der Waals surface area (Å²) in [5, 5.41) is 9.63. The number of aromatic nitrogens is 2. The highest BCUT2D eigenvalue weighted by Crippen LogP contribution is 2.35. The Morgan fingerprint density at radius 1 is 1.22 bits per heavy atom. The summed E-state index contributed by atoms with van der Waals surface area (Å²) in [7, 11) is 0. The number of hydrogen-bond acceptors (Lipinski definition) is 4. The molecule has 1 aliphatic rings. The third-order valence-corrected chi connectivity index (χ3v) is 3.86. The van der Waals surface area contributed by atoms with E-state index in [9.17, 15) is 9.90 Å². The fraction of sp³-hybridized carbons (Fsp3) is 0.176. The number of carboxylic acids is 1. The van der Waals surface area contributed by atoms with Crippen molar-refractivity contribution in [2.45, 2.75) is 6.92 Å². The van der Waals surface area contributed by atoms with E-state index >= 15 is 0 Å². The molecule has 0 radical (unpaired) electrons. The van der Waals surface area contributed by atoms with Crippen LogP contribution in [0.1, 0.15) is 16.1 Å². The number of aryl methyl sites for hydroxylation is 1. The number of nitrogens with zero attached hydrogens (tertiary/aromatic N) is 2. The van der Waals surface area contributed by atoms with E-state index in [1.165, 1.54) is 0 Å². The molecular formula is C17H14N2O4. The van der Waals surface area contributed by atoms with E-state index < -0.39 is 5.97 Å². The van der Waals surface area contributed by atoms with Gasteiger partial charge < -0.3 is 14.6 Å². The Kier molecular flexibility index (Phi) is 2.97. The van der Waals surface area contributed by atoms with Crippen LogP contribution in [-0.2, 0) is 0 Å². The molecule has 116 valence electrons. The molecule has 1 N–H and O–H groups in total. The quantitative estimate of drug-likeness (QED) is 0.788. The van der Waals surface area contributed by atoms with Crippen molar-refractivity contribution >= 4 is 11.6 Å². The third-order valence-electron chi connectivity index (χ3n) is 3.86. The third kappa shape index (κ3) is 2.11. The monoisotopic (exact) mass is 310 g/mol. The minimum absolute atomic E-state index is 0.139. The molecule has 1 aromatic carbocycles. The molecule has 1 aliphatic heterocycles. The van der Waals surface area contributed by atoms with Gasteiger partial charge in [0.05, 0.1) is 0 Å². The van der Waals surface area contributed by atoms with Gasteiger partial charge in [0.1, 0.15) is 24.6 Å². The first-order chi connectivity index (χ1) is 11.1. The molecule has 4 rings (SSSR count). The molecule has 0 saturated carbocycles. The molecule has 23 heavy (non-hydrogen) atoms. The maximum absolute atomic E-state index is 11.8. The molecule has 3 heterocycles. The fourth-order valence-electron chi connectivity index (χ4n) is 2.80. The summed E-state index contributed by atoms with van der Waals surface area (Å²) in [6.07, 6.45) is 1.71. The summed E-state index contributed by atoms with van der Waals surface area (Å²) in [6.45, 7) is 2.90. The van der Waals surface area contributed by atoms with Gasteiger partial charge in [-0.2, -0.15) is 0 Å². The largest absolute Gasteiger partial charge is 0.486 e. The average Bonchev–Trinajstić information content (AvgIpc) is 2.95. The predicted octanol–water partition coefficient (Wildman–Crippen LogP) is 2.78. The molecule has 0 unspecified atom stereocenters. The number of ether oxygens (including phenoxy) is 2. The van der Waals surface area contributed by atoms with Gasteiger partial charge >= 0.3 is 5.97 Å². The molecule has 0 fully saturated rings. The number of aromatic carboxylic acids is 1. The van der Waals surface area contributed by atoms with Crippen LogP contribution in [0.25, 0.3) is 16.9 Å². The lowest BCUT2D eigenvalue weighted by atomic mass is 10.1. The maximum atomic E-state index is 11.8. The van der Waals surface area contributed by atoms with Gasteiger partial charge in [0, 0.05) is 11.8 Å². The maximum Gasteiger partial charge on any atom is 0.355 e. The number of hydrogen-bond donors (Lipinski definition) is 1. The summed E-state index contributed by atoms with van der Waals surface area (Å²) in [5.41, 5.74) is 2.80. The van der Waals surface area contributed by atoms with Crippen molar-refractivity contribution in [2.24, 2.45) is 0 Å². The van der Waals surface area contributed by atoms with Crippen LogP contribution in [0.15, 0.2) is 36.5 Å². The zero-order valence-corrected chi connectivity index (χ0v) is 12.4. The zero-order chi connectivity index (χ0) is 16.0. The van der Waals surface area contributed by atoms with Crippen LogP contribution in [0.2, 0.25) is 0 Å². The Labute approximate surface area is 131 Å². The molecule has 0 atom stereocenters. The molecule has 2 aromatic heterocycles. The summed E-state index contributed by atoms with van der Waals surface area (Å²) in [4.78, 5) is 16.3. The topological polar surface area (TPSA) is 73.1 Å². The SMILES string of the molecule is Cc1cccn2c(C(=O)O)c(-c3ccc4c(c3)OCCO4)nc12. The molecule has 0 aliphatic carbocycles. The van der Waals surface area contributed by atoms with E-state index in [4.69, 9.17) is 9.47 Å². The van der Waals surface area contributed by atoms with Gasteiger partial charge in [0.15, 0.2) is 17.2 Å². The molecule has 0 spiro atoms. The first-order valence-electron chi connectivity index (χ1n) is 7.26. The highest BCUT2D eigenvalue weighted by molar-refractivity contribution is 5.95. The summed E-state index contributed by atoms with van der Waals surface area (Å²) >= 11 is 0. The van der Waals surface area contributed by atoms with Gasteiger partial charge in [-0.25, -0.2) is 9.78 Å². The van der Waals surface area contributed by atoms with E-state index in [2.05, 4.69) is 4.98 Å². The first-order valence-corrected chi connectivity index (χ1v) is 7.26. The van der Waals surface area contributed by atoms with E-state index in [0.717, 1.165) is 5.56 Å². The number of carbonyl (C=O) groups is 1. The van der Waals surface area contributed by atoms with E-state index in [1.807, 2.05) is 19.1 Å². The van der Waals surface area contributed by atoms with Crippen molar-refractivity contribution in [1.82, 2.24) is 9.38 Å². The highest BCUT2D eigenvalue weighted by Gasteiger charge is 2.22. The smallest absolute Gasteiger partial charge is 0.355 e. The highest BCUT2D eigenvalue weighted by atomic mass is 16.6. The Hall–Kier alpha value is -3.02. The molecule has 6 heteroatoms. The van der Waals surface area contributed by atoms with Crippen molar-refractivity contribution in [3.63, 3.8) is 0 Å². The Morgan fingerprint density at radius 2 is 2.00 bits per heavy atom. The minimum Gasteiger partial charge on any atom is -0.486 e. The summed E-state index contributed by atoms with van der Waals surface area (Å²) < 4.78 is 12.7. The van der Waals surface area contributed by atoms with Crippen LogP contribution in [0, 0.1) is 6.92 Å². The second-order valence-corrected chi connectivity index (χ2v) is 5.36. The lowest BCUT2D eigenvalue weighted by Crippen LogP contribution is -2.15. The van der Waals surface area contributed by atoms with Crippen LogP contribution in [0.5, 0.6) is 11.5 Å². The van der Waals surface area contributed by atoms with Gasteiger partial charge in [0.2, 0.25) is 0 Å². The molecule has 0 saturated heterocycles. The minimum atomic E-state index is -1.02. The van der Waals surface area contributed by atoms with Gasteiger partial charge in [-0.3, -0.25) is 4.40 Å². The molecule has 0 bridgehead atoms. The van der Waals surface area contributed by atoms with Crippen molar-refractivity contribution in [3.8, 4) is 22.8 Å². The lowest BCUT2D eigenvalue weighted by Gasteiger charge is -2.18. The van der Waals surface area contributed by atoms with Crippen molar-refractivity contribution in [1.29, 1.82) is 0 Å². The van der Waals surface area contributed by atoms with E-state index in [-0.39, 0.29) is 5.69 Å². The van der Waals surface area contributed by atoms with Crippen LogP contribution in [-0.4, -0.2) is 33.7 Å². The van der Waals surface area contributed by atoms with Crippen LogP contribution >= 0.6 is 0 Å². The van der Waals surface area contributed by atoms with Crippen molar-refractivity contribution in [3.05, 3.63) is 47.8 Å². The Bertz CT molecular complexity index is 930. The van der Waals surface area contributed by atoms with Crippen LogP contribution in [0.3, 0.4) is 0 Å². The Balaban J connectivity index is 1.96. The van der Waals surface area contributed by atoms with Gasteiger partial charge in [0.25, 0.3) is 0 Å². The number of imidazole rings is 1. The van der Waals surface area contributed by atoms with E-state index in [0.29, 0.717) is 41.6 Å². The van der Waals surface area contributed by atoms with Crippen molar-refractivity contribution < 1.29 is 19.4 Å². The van der Waals surface area contributed by atoms with Crippen molar-refractivity contribution in [2.75, 3.05) is 13.2 Å². The Morgan fingerprint density at radius 3 is 2.78 bits per heavy atom. The zero-order valence-electron chi connectivity index (χ0n) is 12.4. The summed E-state index contributed by atoms with van der Waals surface area (Å²) in [6, 6.07) is 9.08. The lowest BCUT2D eigenvalue weighted by molar-refractivity contribution is 0.0690. The average molecular weight is 310 g/mol. The van der Waals surface area contributed by atoms with Gasteiger partial charge in [-0.15, -0.1) is 0 Å². The standard InChI is InChI=1S/C17H14N2O4/c1-10-3-2-6-19-15(17(20)21)14(18-16(10)19)11-4-5-12-13(9-11)23-8-7-22-12/h2-6,9H,7-8H2,1H3,(H,20,21). The fourth-order valence-corrected chi connectivity index (χ4v) is 2.80. The molecule has 6 nitrogen and oxygen atoms in total. The van der Waals surface area contributed by atoms with E-state index in [1.54, 1.807) is 28.8 Å². The molecule has 0 amide bonds.